The Balaban J connectivity index is 1.88. The van der Waals surface area contributed by atoms with Crippen LogP contribution in [-0.2, 0) is 11.2 Å². The lowest BCUT2D eigenvalue weighted by Gasteiger charge is -2.35. The lowest BCUT2D eigenvalue weighted by molar-refractivity contribution is -0.111. The zero-order valence-corrected chi connectivity index (χ0v) is 12.9. The Hall–Kier alpha value is -2.55. The Labute approximate surface area is 131 Å². The maximum Gasteiger partial charge on any atom is 0.250 e. The van der Waals surface area contributed by atoms with Crippen molar-refractivity contribution in [1.82, 2.24) is 5.32 Å². The number of carbonyl (C=O) groups excluding carboxylic acids is 1. The molecule has 0 spiro atoms. The molecule has 0 fully saturated rings. The number of para-hydroxylation sites is 1. The Morgan fingerprint density at radius 1 is 1.09 bits per heavy atom. The third-order valence-electron chi connectivity index (χ3n) is 3.73. The first-order valence-corrected chi connectivity index (χ1v) is 7.48. The van der Waals surface area contributed by atoms with Gasteiger partial charge in [0, 0.05) is 28.6 Å². The number of hydrogen-bond donors (Lipinski definition) is 2. The SMILES string of the molecule is CC1(C)Cc2ccccc2/C(=C/C(=O)Nc2ccccc2)N1. The molecule has 22 heavy (non-hydrogen) atoms. The Kier molecular flexibility index (Phi) is 3.72. The average Bonchev–Trinajstić information content (AvgIpc) is 2.47. The van der Waals surface area contributed by atoms with Crippen LogP contribution in [0.2, 0.25) is 0 Å². The molecule has 2 aromatic carbocycles. The van der Waals surface area contributed by atoms with E-state index in [-0.39, 0.29) is 11.4 Å². The fraction of sp³-hybridized carbons (Fsp3) is 0.211. The summed E-state index contributed by atoms with van der Waals surface area (Å²) in [5, 5.41) is 6.36. The van der Waals surface area contributed by atoms with Gasteiger partial charge in [-0.1, -0.05) is 42.5 Å². The maximum atomic E-state index is 12.3. The zero-order chi connectivity index (χ0) is 15.6. The number of amides is 1. The molecule has 0 bridgehead atoms. The van der Waals surface area contributed by atoms with Gasteiger partial charge in [0.05, 0.1) is 0 Å². The molecule has 0 saturated carbocycles. The van der Waals surface area contributed by atoms with E-state index in [1.807, 2.05) is 42.5 Å². The molecule has 3 nitrogen and oxygen atoms in total. The summed E-state index contributed by atoms with van der Waals surface area (Å²) in [5.74, 6) is -0.124. The first-order valence-electron chi connectivity index (χ1n) is 7.48. The molecule has 0 radical (unpaired) electrons. The van der Waals surface area contributed by atoms with Gasteiger partial charge in [-0.25, -0.2) is 0 Å². The minimum atomic E-state index is -0.124. The Bertz CT molecular complexity index is 717. The van der Waals surface area contributed by atoms with Crippen molar-refractivity contribution in [1.29, 1.82) is 0 Å². The Morgan fingerprint density at radius 3 is 2.55 bits per heavy atom. The van der Waals surface area contributed by atoms with Gasteiger partial charge in [-0.05, 0) is 38.0 Å². The largest absolute Gasteiger partial charge is 0.379 e. The molecule has 3 rings (SSSR count). The summed E-state index contributed by atoms with van der Waals surface area (Å²) in [4.78, 5) is 12.3. The molecule has 1 heterocycles. The molecule has 2 aromatic rings. The highest BCUT2D eigenvalue weighted by atomic mass is 16.1. The van der Waals surface area contributed by atoms with E-state index in [2.05, 4.69) is 36.6 Å². The summed E-state index contributed by atoms with van der Waals surface area (Å²) in [6.45, 7) is 4.29. The highest BCUT2D eigenvalue weighted by Gasteiger charge is 2.27. The fourth-order valence-corrected chi connectivity index (χ4v) is 2.83. The van der Waals surface area contributed by atoms with E-state index in [4.69, 9.17) is 0 Å². The molecule has 2 N–H and O–H groups in total. The molecule has 1 aliphatic rings. The number of rotatable bonds is 2. The molecule has 0 atom stereocenters. The van der Waals surface area contributed by atoms with Crippen molar-refractivity contribution in [3.63, 3.8) is 0 Å². The zero-order valence-electron chi connectivity index (χ0n) is 12.9. The van der Waals surface area contributed by atoms with Crippen LogP contribution in [0.4, 0.5) is 5.69 Å². The number of benzene rings is 2. The summed E-state index contributed by atoms with van der Waals surface area (Å²) in [5.41, 5.74) is 3.98. The number of fused-ring (bicyclic) bond motifs is 1. The third kappa shape index (κ3) is 3.19. The summed E-state index contributed by atoms with van der Waals surface area (Å²) < 4.78 is 0. The van der Waals surface area contributed by atoms with Crippen LogP contribution in [0.1, 0.15) is 25.0 Å². The van der Waals surface area contributed by atoms with Crippen LogP contribution in [0, 0.1) is 0 Å². The quantitative estimate of drug-likeness (QED) is 0.831. The Morgan fingerprint density at radius 2 is 1.77 bits per heavy atom. The molecular formula is C19H20N2O. The highest BCUT2D eigenvalue weighted by Crippen LogP contribution is 2.29. The second kappa shape index (κ2) is 5.68. The van der Waals surface area contributed by atoms with Gasteiger partial charge in [0.1, 0.15) is 0 Å². The molecule has 3 heteroatoms. The molecule has 0 saturated heterocycles. The van der Waals surface area contributed by atoms with Gasteiger partial charge >= 0.3 is 0 Å². The van der Waals surface area contributed by atoms with E-state index in [1.54, 1.807) is 6.08 Å². The predicted molar refractivity (Wildman–Crippen MR) is 90.4 cm³/mol. The van der Waals surface area contributed by atoms with Crippen LogP contribution in [0.15, 0.2) is 60.7 Å². The summed E-state index contributed by atoms with van der Waals surface area (Å²) in [6.07, 6.45) is 2.59. The van der Waals surface area contributed by atoms with Crippen molar-refractivity contribution < 1.29 is 4.79 Å². The van der Waals surface area contributed by atoms with Crippen molar-refractivity contribution in [3.8, 4) is 0 Å². The molecule has 0 aliphatic carbocycles. The summed E-state index contributed by atoms with van der Waals surface area (Å²) in [7, 11) is 0. The minimum Gasteiger partial charge on any atom is -0.379 e. The van der Waals surface area contributed by atoms with Crippen LogP contribution in [0.5, 0.6) is 0 Å². The molecule has 112 valence electrons. The number of hydrogen-bond acceptors (Lipinski definition) is 2. The van der Waals surface area contributed by atoms with Crippen molar-refractivity contribution in [2.75, 3.05) is 5.32 Å². The highest BCUT2D eigenvalue weighted by molar-refractivity contribution is 6.04. The smallest absolute Gasteiger partial charge is 0.250 e. The maximum absolute atomic E-state index is 12.3. The average molecular weight is 292 g/mol. The molecule has 0 aromatic heterocycles. The van der Waals surface area contributed by atoms with Gasteiger partial charge in [-0.2, -0.15) is 0 Å². The van der Waals surface area contributed by atoms with E-state index >= 15 is 0 Å². The minimum absolute atomic E-state index is 0.0623. The van der Waals surface area contributed by atoms with Crippen LogP contribution in [-0.4, -0.2) is 11.4 Å². The van der Waals surface area contributed by atoms with E-state index in [1.165, 1.54) is 5.56 Å². The van der Waals surface area contributed by atoms with Crippen LogP contribution < -0.4 is 10.6 Å². The van der Waals surface area contributed by atoms with Gasteiger partial charge < -0.3 is 10.6 Å². The summed E-state index contributed by atoms with van der Waals surface area (Å²) in [6, 6.07) is 17.7. The van der Waals surface area contributed by atoms with E-state index < -0.39 is 0 Å². The van der Waals surface area contributed by atoms with Crippen LogP contribution in [0.25, 0.3) is 5.70 Å². The first-order chi connectivity index (χ1) is 10.5. The molecule has 0 unspecified atom stereocenters. The second-order valence-corrected chi connectivity index (χ2v) is 6.26. The van der Waals surface area contributed by atoms with Crippen molar-refractivity contribution in [2.24, 2.45) is 0 Å². The normalized spacial score (nSPS) is 17.5. The third-order valence-corrected chi connectivity index (χ3v) is 3.73. The van der Waals surface area contributed by atoms with Gasteiger partial charge in [0.15, 0.2) is 0 Å². The second-order valence-electron chi connectivity index (χ2n) is 6.26. The van der Waals surface area contributed by atoms with Crippen molar-refractivity contribution in [3.05, 3.63) is 71.8 Å². The molecule has 1 aliphatic heterocycles. The van der Waals surface area contributed by atoms with Crippen molar-refractivity contribution in [2.45, 2.75) is 25.8 Å². The molecule has 1 amide bonds. The lowest BCUT2D eigenvalue weighted by Crippen LogP contribution is -2.44. The fourth-order valence-electron chi connectivity index (χ4n) is 2.83. The number of anilines is 1. The van der Waals surface area contributed by atoms with Crippen LogP contribution >= 0.6 is 0 Å². The monoisotopic (exact) mass is 292 g/mol. The van der Waals surface area contributed by atoms with E-state index in [0.717, 1.165) is 23.4 Å². The van der Waals surface area contributed by atoms with Crippen LogP contribution in [0.3, 0.4) is 0 Å². The predicted octanol–water partition coefficient (Wildman–Crippen LogP) is 3.59. The topological polar surface area (TPSA) is 41.1 Å². The van der Waals surface area contributed by atoms with E-state index in [9.17, 15) is 4.79 Å². The first kappa shape index (κ1) is 14.4. The van der Waals surface area contributed by atoms with Gasteiger partial charge in [0.25, 0.3) is 0 Å². The van der Waals surface area contributed by atoms with Crippen molar-refractivity contribution >= 4 is 17.3 Å². The van der Waals surface area contributed by atoms with Gasteiger partial charge in [-0.3, -0.25) is 4.79 Å². The van der Waals surface area contributed by atoms with Gasteiger partial charge in [-0.15, -0.1) is 0 Å². The van der Waals surface area contributed by atoms with Gasteiger partial charge in [0.2, 0.25) is 5.91 Å². The standard InChI is InChI=1S/C19H20N2O/c1-19(2)13-14-8-6-7-11-16(14)17(21-19)12-18(22)20-15-9-4-3-5-10-15/h3-12,21H,13H2,1-2H3,(H,20,22)/b17-12-. The number of nitrogens with one attached hydrogen (secondary N) is 2. The lowest BCUT2D eigenvalue weighted by atomic mass is 9.86. The molecular weight excluding hydrogens is 272 g/mol. The number of carbonyl (C=O) groups is 1. The summed E-state index contributed by atoms with van der Waals surface area (Å²) >= 11 is 0. The van der Waals surface area contributed by atoms with E-state index in [0.29, 0.717) is 0 Å².